The average Bonchev–Trinajstić information content (AvgIpc) is 2.17. The molecule has 0 saturated carbocycles. The summed E-state index contributed by atoms with van der Waals surface area (Å²) in [7, 11) is 0. The minimum absolute atomic E-state index is 0.0276. The summed E-state index contributed by atoms with van der Waals surface area (Å²) in [4.78, 5) is 22.6. The number of hydrogen-bond donors (Lipinski definition) is 1. The molecule has 1 heterocycles. The highest BCUT2D eigenvalue weighted by Crippen LogP contribution is 2.23. The van der Waals surface area contributed by atoms with Gasteiger partial charge in [-0.05, 0) is 24.1 Å². The van der Waals surface area contributed by atoms with Gasteiger partial charge >= 0.3 is 0 Å². The summed E-state index contributed by atoms with van der Waals surface area (Å²) in [5.41, 5.74) is 2.40. The van der Waals surface area contributed by atoms with E-state index in [4.69, 9.17) is 0 Å². The van der Waals surface area contributed by atoms with Gasteiger partial charge in [-0.1, -0.05) is 13.0 Å². The van der Waals surface area contributed by atoms with Crippen LogP contribution in [0.25, 0.3) is 0 Å². The molecule has 1 aromatic rings. The van der Waals surface area contributed by atoms with E-state index in [2.05, 4.69) is 5.32 Å². The quantitative estimate of drug-likeness (QED) is 0.684. The number of aryl methyl sites for hydroxylation is 1. The fourth-order valence-electron chi connectivity index (χ4n) is 1.59. The lowest BCUT2D eigenvalue weighted by Gasteiger charge is -2.16. The first kappa shape index (κ1) is 8.94. The van der Waals surface area contributed by atoms with E-state index in [-0.39, 0.29) is 18.1 Å². The maximum atomic E-state index is 11.5. The highest BCUT2D eigenvalue weighted by Gasteiger charge is 2.22. The van der Waals surface area contributed by atoms with Crippen molar-refractivity contribution in [1.29, 1.82) is 0 Å². The van der Waals surface area contributed by atoms with Crippen LogP contribution >= 0.6 is 0 Å². The molecule has 2 rings (SSSR count). The van der Waals surface area contributed by atoms with Gasteiger partial charge in [0.05, 0.1) is 12.1 Å². The third-order valence-electron chi connectivity index (χ3n) is 2.39. The fraction of sp³-hybridized carbons (Fsp3) is 0.273. The van der Waals surface area contributed by atoms with Gasteiger partial charge in [0.15, 0.2) is 5.78 Å². The molecule has 0 unspecified atom stereocenters. The SMILES string of the molecule is CCc1ccc2c(c1)C(=O)CC(=O)N2. The minimum Gasteiger partial charge on any atom is -0.325 e. The highest BCUT2D eigenvalue weighted by molar-refractivity contribution is 6.18. The lowest BCUT2D eigenvalue weighted by molar-refractivity contribution is -0.115. The van der Waals surface area contributed by atoms with E-state index in [9.17, 15) is 9.59 Å². The molecule has 1 N–H and O–H groups in total. The van der Waals surface area contributed by atoms with Gasteiger partial charge < -0.3 is 5.32 Å². The number of nitrogens with one attached hydrogen (secondary N) is 1. The van der Waals surface area contributed by atoms with Gasteiger partial charge in [-0.3, -0.25) is 9.59 Å². The van der Waals surface area contributed by atoms with E-state index in [1.807, 2.05) is 19.1 Å². The monoisotopic (exact) mass is 189 g/mol. The lowest BCUT2D eigenvalue weighted by Crippen LogP contribution is -2.24. The smallest absolute Gasteiger partial charge is 0.232 e. The normalized spacial score (nSPS) is 14.9. The Morgan fingerprint density at radius 3 is 2.86 bits per heavy atom. The Kier molecular flexibility index (Phi) is 2.08. The number of rotatable bonds is 1. The molecule has 0 fully saturated rings. The third kappa shape index (κ3) is 1.41. The molecule has 0 saturated heterocycles. The number of carbonyl (C=O) groups excluding carboxylic acids is 2. The van der Waals surface area contributed by atoms with E-state index in [1.54, 1.807) is 6.07 Å². The second kappa shape index (κ2) is 3.25. The molecule has 0 aliphatic carbocycles. The summed E-state index contributed by atoms with van der Waals surface area (Å²) in [6, 6.07) is 5.58. The predicted octanol–water partition coefficient (Wildman–Crippen LogP) is 1.77. The zero-order valence-electron chi connectivity index (χ0n) is 7.96. The Balaban J connectivity index is 2.49. The molecule has 0 aromatic heterocycles. The zero-order chi connectivity index (χ0) is 10.1. The Morgan fingerprint density at radius 2 is 2.14 bits per heavy atom. The van der Waals surface area contributed by atoms with Gasteiger partial charge in [-0.2, -0.15) is 0 Å². The molecule has 1 amide bonds. The van der Waals surface area contributed by atoms with Crippen molar-refractivity contribution in [2.75, 3.05) is 5.32 Å². The topological polar surface area (TPSA) is 46.2 Å². The van der Waals surface area contributed by atoms with E-state index in [0.717, 1.165) is 12.0 Å². The zero-order valence-corrected chi connectivity index (χ0v) is 7.96. The molecular weight excluding hydrogens is 178 g/mol. The Morgan fingerprint density at radius 1 is 1.36 bits per heavy atom. The van der Waals surface area contributed by atoms with Crippen molar-refractivity contribution in [1.82, 2.24) is 0 Å². The van der Waals surface area contributed by atoms with Gasteiger partial charge in [0, 0.05) is 5.56 Å². The first-order valence-electron chi connectivity index (χ1n) is 4.66. The van der Waals surface area contributed by atoms with Crippen molar-refractivity contribution in [3.8, 4) is 0 Å². The number of anilines is 1. The maximum absolute atomic E-state index is 11.5. The van der Waals surface area contributed by atoms with Crippen LogP contribution in [0.3, 0.4) is 0 Å². The summed E-state index contributed by atoms with van der Waals surface area (Å²) in [6.07, 6.45) is 0.870. The largest absolute Gasteiger partial charge is 0.325 e. The summed E-state index contributed by atoms with van der Waals surface area (Å²) < 4.78 is 0. The molecule has 0 atom stereocenters. The van der Waals surface area contributed by atoms with Crippen LogP contribution in [0.15, 0.2) is 18.2 Å². The molecule has 1 aromatic carbocycles. The van der Waals surface area contributed by atoms with Crippen LogP contribution in [0, 0.1) is 0 Å². The first-order chi connectivity index (χ1) is 6.70. The molecule has 1 aliphatic heterocycles. The van der Waals surface area contributed by atoms with Gasteiger partial charge in [-0.25, -0.2) is 0 Å². The van der Waals surface area contributed by atoms with Crippen LogP contribution in [0.5, 0.6) is 0 Å². The third-order valence-corrected chi connectivity index (χ3v) is 2.39. The van der Waals surface area contributed by atoms with Gasteiger partial charge in [0.25, 0.3) is 0 Å². The van der Waals surface area contributed by atoms with Crippen molar-refractivity contribution in [3.05, 3.63) is 29.3 Å². The Labute approximate surface area is 82.1 Å². The first-order valence-corrected chi connectivity index (χ1v) is 4.66. The molecule has 3 heteroatoms. The van der Waals surface area contributed by atoms with Gasteiger partial charge in [0.2, 0.25) is 5.91 Å². The number of ketones is 1. The van der Waals surface area contributed by atoms with Crippen molar-refractivity contribution in [2.45, 2.75) is 19.8 Å². The van der Waals surface area contributed by atoms with Crippen LogP contribution in [0.1, 0.15) is 29.3 Å². The molecular formula is C11H11NO2. The number of hydrogen-bond acceptors (Lipinski definition) is 2. The molecule has 0 bridgehead atoms. The summed E-state index contributed by atoms with van der Waals surface area (Å²) >= 11 is 0. The summed E-state index contributed by atoms with van der Waals surface area (Å²) in [5.74, 6) is -0.300. The number of benzene rings is 1. The van der Waals surface area contributed by atoms with Crippen LogP contribution in [0.2, 0.25) is 0 Å². The van der Waals surface area contributed by atoms with Crippen molar-refractivity contribution >= 4 is 17.4 Å². The summed E-state index contributed by atoms with van der Waals surface area (Å²) in [5, 5.41) is 2.68. The fourth-order valence-corrected chi connectivity index (χ4v) is 1.59. The lowest BCUT2D eigenvalue weighted by atomic mass is 9.98. The number of amides is 1. The van der Waals surface area contributed by atoms with E-state index in [0.29, 0.717) is 11.3 Å². The van der Waals surface area contributed by atoms with Crippen molar-refractivity contribution in [2.24, 2.45) is 0 Å². The second-order valence-electron chi connectivity index (χ2n) is 3.38. The average molecular weight is 189 g/mol. The van der Waals surface area contributed by atoms with Crippen molar-refractivity contribution in [3.63, 3.8) is 0 Å². The Hall–Kier alpha value is -1.64. The standard InChI is InChI=1S/C11H11NO2/c1-2-7-3-4-9-8(5-7)10(13)6-11(14)12-9/h3-5H,2,6H2,1H3,(H,12,14). The van der Waals surface area contributed by atoms with Crippen LogP contribution in [-0.2, 0) is 11.2 Å². The van der Waals surface area contributed by atoms with Crippen molar-refractivity contribution < 1.29 is 9.59 Å². The second-order valence-corrected chi connectivity index (χ2v) is 3.38. The van der Waals surface area contributed by atoms with E-state index in [1.165, 1.54) is 0 Å². The maximum Gasteiger partial charge on any atom is 0.232 e. The van der Waals surface area contributed by atoms with Crippen LogP contribution < -0.4 is 5.32 Å². The number of fused-ring (bicyclic) bond motifs is 1. The van der Waals surface area contributed by atoms with Crippen LogP contribution in [-0.4, -0.2) is 11.7 Å². The summed E-state index contributed by atoms with van der Waals surface area (Å²) in [6.45, 7) is 2.04. The van der Waals surface area contributed by atoms with Crippen LogP contribution in [0.4, 0.5) is 5.69 Å². The number of carbonyl (C=O) groups is 2. The molecule has 1 aliphatic rings. The number of Topliss-reactive ketones (excluding diaryl/α,β-unsaturated/α-hetero) is 1. The van der Waals surface area contributed by atoms with E-state index >= 15 is 0 Å². The molecule has 0 radical (unpaired) electrons. The Bertz CT molecular complexity index is 410. The predicted molar refractivity (Wildman–Crippen MR) is 53.4 cm³/mol. The van der Waals surface area contributed by atoms with E-state index < -0.39 is 0 Å². The molecule has 14 heavy (non-hydrogen) atoms. The van der Waals surface area contributed by atoms with Gasteiger partial charge in [-0.15, -0.1) is 0 Å². The minimum atomic E-state index is -0.216. The molecule has 0 spiro atoms. The molecule has 3 nitrogen and oxygen atoms in total. The van der Waals surface area contributed by atoms with Gasteiger partial charge in [0.1, 0.15) is 0 Å². The highest BCUT2D eigenvalue weighted by atomic mass is 16.2. The molecule has 72 valence electrons.